The Morgan fingerprint density at radius 3 is 1.59 bits per heavy atom. The van der Waals surface area contributed by atoms with E-state index in [0.717, 1.165) is 22.6 Å². The van der Waals surface area contributed by atoms with E-state index in [0.29, 0.717) is 0 Å². The molecule has 8 aromatic carbocycles. The quantitative estimate of drug-likeness (QED) is 0.187. The molecule has 0 N–H and O–H groups in total. The van der Waals surface area contributed by atoms with Crippen LogP contribution in [0.4, 0.5) is 0 Å². The normalized spacial score (nSPS) is 16.1. The van der Waals surface area contributed by atoms with Crippen molar-refractivity contribution in [1.82, 2.24) is 0 Å². The molecule has 3 aliphatic rings. The van der Waals surface area contributed by atoms with Crippen molar-refractivity contribution < 1.29 is 4.74 Å². The van der Waals surface area contributed by atoms with Gasteiger partial charge in [-0.3, -0.25) is 0 Å². The number of rotatable bonds is 1. The highest BCUT2D eigenvalue weighted by atomic mass is 16.5. The van der Waals surface area contributed by atoms with Crippen LogP contribution in [0.2, 0.25) is 0 Å². The Hall–Kier alpha value is -5.92. The molecule has 1 aliphatic heterocycles. The molecule has 1 spiro atoms. The molecule has 2 aliphatic carbocycles. The number of ether oxygens (including phenoxy) is 1. The summed E-state index contributed by atoms with van der Waals surface area (Å²) in [6, 6.07) is 58.2. The van der Waals surface area contributed by atoms with Gasteiger partial charge in [0.25, 0.3) is 0 Å². The average molecular weight is 583 g/mol. The number of fused-ring (bicyclic) bond motifs is 11. The van der Waals surface area contributed by atoms with Gasteiger partial charge in [-0.15, -0.1) is 0 Å². The molecule has 1 heterocycles. The first kappa shape index (κ1) is 24.4. The van der Waals surface area contributed by atoms with Gasteiger partial charge >= 0.3 is 0 Å². The van der Waals surface area contributed by atoms with Crippen molar-refractivity contribution in [3.8, 4) is 56.0 Å². The summed E-state index contributed by atoms with van der Waals surface area (Å²) in [5.74, 6) is 1.84. The molecule has 1 heteroatoms. The van der Waals surface area contributed by atoms with Crippen LogP contribution in [0.5, 0.6) is 11.5 Å². The Bertz CT molecular complexity index is 2620. The minimum atomic E-state index is -0.499. The lowest BCUT2D eigenvalue weighted by atomic mass is 9.60. The number of benzene rings is 8. The molecule has 11 rings (SSSR count). The molecule has 0 amide bonds. The van der Waals surface area contributed by atoms with Crippen molar-refractivity contribution in [2.75, 3.05) is 0 Å². The maximum absolute atomic E-state index is 6.93. The molecular weight excluding hydrogens is 556 g/mol. The van der Waals surface area contributed by atoms with E-state index in [1.807, 2.05) is 0 Å². The lowest BCUT2D eigenvalue weighted by Crippen LogP contribution is -2.32. The molecule has 0 fully saturated rings. The highest BCUT2D eigenvalue weighted by molar-refractivity contribution is 6.11. The molecule has 1 unspecified atom stereocenters. The fourth-order valence-corrected chi connectivity index (χ4v) is 8.99. The van der Waals surface area contributed by atoms with E-state index in [4.69, 9.17) is 4.74 Å². The smallest absolute Gasteiger partial charge is 0.143 e. The van der Waals surface area contributed by atoms with Crippen LogP contribution in [-0.2, 0) is 5.41 Å². The number of hydrogen-bond acceptors (Lipinski definition) is 1. The Labute approximate surface area is 267 Å². The van der Waals surface area contributed by atoms with Gasteiger partial charge in [0, 0.05) is 16.5 Å². The lowest BCUT2D eigenvalue weighted by molar-refractivity contribution is 0.488. The first-order valence-electron chi connectivity index (χ1n) is 16.0. The molecule has 0 saturated carbocycles. The van der Waals surface area contributed by atoms with Gasteiger partial charge in [0.1, 0.15) is 11.5 Å². The fraction of sp³-hybridized carbons (Fsp3) is 0.0222. The molecule has 8 aromatic rings. The molecule has 0 saturated heterocycles. The number of para-hydroxylation sites is 1. The van der Waals surface area contributed by atoms with Crippen LogP contribution >= 0.6 is 0 Å². The van der Waals surface area contributed by atoms with Crippen molar-refractivity contribution in [2.45, 2.75) is 5.41 Å². The molecule has 0 aromatic heterocycles. The third kappa shape index (κ3) is 2.83. The van der Waals surface area contributed by atoms with E-state index in [9.17, 15) is 0 Å². The van der Waals surface area contributed by atoms with Crippen molar-refractivity contribution >= 4 is 21.5 Å². The van der Waals surface area contributed by atoms with Crippen LogP contribution in [-0.4, -0.2) is 0 Å². The highest BCUT2D eigenvalue weighted by Gasteiger charge is 2.51. The van der Waals surface area contributed by atoms with E-state index in [2.05, 4.69) is 158 Å². The van der Waals surface area contributed by atoms with Gasteiger partial charge in [0.05, 0.1) is 5.41 Å². The second-order valence-corrected chi connectivity index (χ2v) is 12.7. The summed E-state index contributed by atoms with van der Waals surface area (Å²) in [6.07, 6.45) is 0. The van der Waals surface area contributed by atoms with Gasteiger partial charge in [0.15, 0.2) is 0 Å². The molecule has 0 bridgehead atoms. The third-order valence-electron chi connectivity index (χ3n) is 10.7. The topological polar surface area (TPSA) is 9.23 Å². The first-order valence-corrected chi connectivity index (χ1v) is 16.0. The van der Waals surface area contributed by atoms with Crippen LogP contribution in [0.15, 0.2) is 158 Å². The van der Waals surface area contributed by atoms with Gasteiger partial charge in [-0.05, 0) is 83.9 Å². The van der Waals surface area contributed by atoms with Crippen molar-refractivity contribution in [3.63, 3.8) is 0 Å². The van der Waals surface area contributed by atoms with E-state index < -0.39 is 5.41 Å². The predicted molar refractivity (Wildman–Crippen MR) is 189 cm³/mol. The van der Waals surface area contributed by atoms with Gasteiger partial charge in [-0.25, -0.2) is 0 Å². The Morgan fingerprint density at radius 1 is 0.326 bits per heavy atom. The minimum Gasteiger partial charge on any atom is -0.455 e. The van der Waals surface area contributed by atoms with Gasteiger partial charge in [0.2, 0.25) is 0 Å². The SMILES string of the molecule is c1ccc2c(c1)Oc1c(-c3cccc4c3C3(c5ccccc5-4)c4ccccc4-c4cccc5cccc3c45)ccc3cccc-2c13. The second kappa shape index (κ2) is 8.62. The Kier molecular flexibility index (Phi) is 4.57. The molecule has 1 atom stereocenters. The van der Waals surface area contributed by atoms with Gasteiger partial charge < -0.3 is 4.74 Å². The Morgan fingerprint density at radius 2 is 0.826 bits per heavy atom. The maximum atomic E-state index is 6.93. The standard InChI is InChI=1S/C45H26O/c1-4-21-37-29(14-1)32-17-7-11-27-13-9-23-39(41(27)32)45(37)38-22-5-2-15-30(38)34-19-10-20-35(43(34)45)36-26-25-28-12-8-18-33-31-16-3-6-24-40(31)46-44(36)42(28)33/h1-26H. The van der Waals surface area contributed by atoms with Crippen LogP contribution in [0.1, 0.15) is 22.3 Å². The van der Waals surface area contributed by atoms with Crippen molar-refractivity contribution in [1.29, 1.82) is 0 Å². The van der Waals surface area contributed by atoms with Crippen molar-refractivity contribution in [3.05, 3.63) is 180 Å². The van der Waals surface area contributed by atoms with Gasteiger partial charge in [-0.1, -0.05) is 146 Å². The van der Waals surface area contributed by atoms with Crippen LogP contribution in [0, 0.1) is 0 Å². The molecule has 46 heavy (non-hydrogen) atoms. The van der Waals surface area contributed by atoms with E-state index in [1.165, 1.54) is 77.2 Å². The zero-order valence-corrected chi connectivity index (χ0v) is 24.9. The first-order chi connectivity index (χ1) is 22.8. The Balaban J connectivity index is 1.33. The summed E-state index contributed by atoms with van der Waals surface area (Å²) in [5.41, 5.74) is 14.8. The molecular formula is C45H26O. The summed E-state index contributed by atoms with van der Waals surface area (Å²) in [4.78, 5) is 0. The maximum Gasteiger partial charge on any atom is 0.143 e. The summed E-state index contributed by atoms with van der Waals surface area (Å²) >= 11 is 0. The van der Waals surface area contributed by atoms with Crippen molar-refractivity contribution in [2.24, 2.45) is 0 Å². The largest absolute Gasteiger partial charge is 0.455 e. The third-order valence-corrected chi connectivity index (χ3v) is 10.7. The second-order valence-electron chi connectivity index (χ2n) is 12.7. The van der Waals surface area contributed by atoms with Crippen LogP contribution in [0.25, 0.3) is 66.1 Å². The average Bonchev–Trinajstić information content (AvgIpc) is 3.42. The molecule has 0 radical (unpaired) electrons. The monoisotopic (exact) mass is 582 g/mol. The van der Waals surface area contributed by atoms with Gasteiger partial charge in [-0.2, -0.15) is 0 Å². The summed E-state index contributed by atoms with van der Waals surface area (Å²) in [5, 5.41) is 4.99. The summed E-state index contributed by atoms with van der Waals surface area (Å²) in [7, 11) is 0. The highest BCUT2D eigenvalue weighted by Crippen LogP contribution is 2.64. The van der Waals surface area contributed by atoms with E-state index in [-0.39, 0.29) is 0 Å². The van der Waals surface area contributed by atoms with E-state index >= 15 is 0 Å². The summed E-state index contributed by atoms with van der Waals surface area (Å²) in [6.45, 7) is 0. The van der Waals surface area contributed by atoms with Crippen LogP contribution in [0.3, 0.4) is 0 Å². The lowest BCUT2D eigenvalue weighted by Gasteiger charge is -2.41. The molecule has 1 nitrogen and oxygen atoms in total. The van der Waals surface area contributed by atoms with E-state index in [1.54, 1.807) is 0 Å². The zero-order valence-electron chi connectivity index (χ0n) is 24.9. The summed E-state index contributed by atoms with van der Waals surface area (Å²) < 4.78 is 6.93. The number of hydrogen-bond donors (Lipinski definition) is 0. The predicted octanol–water partition coefficient (Wildman–Crippen LogP) is 11.8. The molecule has 212 valence electrons. The fourth-order valence-electron chi connectivity index (χ4n) is 8.99. The minimum absolute atomic E-state index is 0.499. The van der Waals surface area contributed by atoms with Crippen LogP contribution < -0.4 is 4.74 Å². The zero-order chi connectivity index (χ0) is 30.0.